The van der Waals surface area contributed by atoms with Crippen molar-refractivity contribution in [2.45, 2.75) is 42.7 Å². The monoisotopic (exact) mass is 526 g/mol. The molecule has 196 valence electrons. The lowest BCUT2D eigenvalue weighted by Crippen LogP contribution is -2.68. The highest BCUT2D eigenvalue weighted by molar-refractivity contribution is 7.89. The van der Waals surface area contributed by atoms with Crippen LogP contribution in [0.2, 0.25) is 0 Å². The molecule has 0 aliphatic carbocycles. The number of benzene rings is 3. The lowest BCUT2D eigenvalue weighted by Gasteiger charge is -2.57. The second kappa shape index (κ2) is 10.6. The van der Waals surface area contributed by atoms with Gasteiger partial charge in [-0.25, -0.2) is 17.2 Å². The molecule has 0 N–H and O–H groups in total. The molecule has 37 heavy (non-hydrogen) atoms. The van der Waals surface area contributed by atoms with Crippen LogP contribution in [0.15, 0.2) is 71.6 Å². The predicted molar refractivity (Wildman–Crippen MR) is 140 cm³/mol. The number of hydrogen-bond acceptors (Lipinski definition) is 4. The van der Waals surface area contributed by atoms with Gasteiger partial charge in [0.2, 0.25) is 10.0 Å². The number of ether oxygens (including phenoxy) is 1. The molecule has 2 heterocycles. The summed E-state index contributed by atoms with van der Waals surface area (Å²) >= 11 is 0. The van der Waals surface area contributed by atoms with Gasteiger partial charge < -0.3 is 4.74 Å². The first kappa shape index (κ1) is 26.0. The first-order valence-electron chi connectivity index (χ1n) is 12.7. The number of halogens is 2. The van der Waals surface area contributed by atoms with Crippen LogP contribution in [-0.4, -0.2) is 63.1 Å². The molecule has 5 rings (SSSR count). The van der Waals surface area contributed by atoms with E-state index in [1.54, 1.807) is 29.6 Å². The van der Waals surface area contributed by atoms with E-state index in [0.29, 0.717) is 30.2 Å². The molecule has 0 saturated carbocycles. The molecule has 2 aliphatic rings. The summed E-state index contributed by atoms with van der Waals surface area (Å²) in [5.74, 6) is -1.68. The van der Waals surface area contributed by atoms with Crippen LogP contribution in [0, 0.1) is 18.6 Å². The predicted octanol–water partition coefficient (Wildman–Crippen LogP) is 5.21. The highest BCUT2D eigenvalue weighted by Gasteiger charge is 2.50. The maximum Gasteiger partial charge on any atom is 0.243 e. The van der Waals surface area contributed by atoms with E-state index in [1.807, 2.05) is 43.3 Å². The summed E-state index contributed by atoms with van der Waals surface area (Å²) in [6.07, 6.45) is 1.70. The van der Waals surface area contributed by atoms with Gasteiger partial charge in [0, 0.05) is 43.8 Å². The molecule has 0 spiro atoms. The van der Waals surface area contributed by atoms with Crippen LogP contribution in [0.25, 0.3) is 11.1 Å². The minimum absolute atomic E-state index is 0.00370. The van der Waals surface area contributed by atoms with E-state index < -0.39 is 21.7 Å². The van der Waals surface area contributed by atoms with Crippen LogP contribution >= 0.6 is 0 Å². The molecule has 2 fully saturated rings. The van der Waals surface area contributed by atoms with Crippen LogP contribution in [0.1, 0.15) is 29.9 Å². The van der Waals surface area contributed by atoms with Gasteiger partial charge in [0.25, 0.3) is 0 Å². The van der Waals surface area contributed by atoms with Crippen molar-refractivity contribution in [2.75, 3.05) is 33.4 Å². The van der Waals surface area contributed by atoms with Crippen molar-refractivity contribution >= 4 is 10.0 Å². The van der Waals surface area contributed by atoms with Crippen molar-refractivity contribution in [1.82, 2.24) is 9.21 Å². The Labute approximate surface area is 217 Å². The van der Waals surface area contributed by atoms with Crippen molar-refractivity contribution in [3.63, 3.8) is 0 Å². The number of nitrogens with zero attached hydrogens (tertiary/aromatic N) is 2. The molecule has 0 bridgehead atoms. The molecule has 1 unspecified atom stereocenters. The fourth-order valence-electron chi connectivity index (χ4n) is 5.88. The van der Waals surface area contributed by atoms with Crippen molar-refractivity contribution in [2.24, 2.45) is 0 Å². The number of sulfonamides is 1. The fourth-order valence-corrected chi connectivity index (χ4v) is 7.60. The van der Waals surface area contributed by atoms with Crippen molar-refractivity contribution < 1.29 is 21.9 Å². The van der Waals surface area contributed by atoms with Crippen molar-refractivity contribution in [3.05, 3.63) is 89.5 Å². The average molecular weight is 527 g/mol. The Hall–Kier alpha value is -2.65. The summed E-state index contributed by atoms with van der Waals surface area (Å²) in [6.45, 7) is 4.13. The van der Waals surface area contributed by atoms with Gasteiger partial charge in [-0.2, -0.15) is 4.31 Å². The Morgan fingerprint density at radius 3 is 2.41 bits per heavy atom. The van der Waals surface area contributed by atoms with Crippen LogP contribution < -0.4 is 0 Å². The Bertz CT molecular complexity index is 1360. The molecule has 2 saturated heterocycles. The van der Waals surface area contributed by atoms with Crippen LogP contribution in [0.4, 0.5) is 8.78 Å². The molecule has 8 heteroatoms. The molecule has 5 nitrogen and oxygen atoms in total. The molecule has 3 aromatic carbocycles. The van der Waals surface area contributed by atoms with E-state index in [1.165, 1.54) is 6.07 Å². The largest absolute Gasteiger partial charge is 0.383 e. The molecule has 3 atom stereocenters. The second-order valence-corrected chi connectivity index (χ2v) is 11.8. The minimum Gasteiger partial charge on any atom is -0.383 e. The highest BCUT2D eigenvalue weighted by Crippen LogP contribution is 2.43. The van der Waals surface area contributed by atoms with Gasteiger partial charge >= 0.3 is 0 Å². The Morgan fingerprint density at radius 1 is 0.946 bits per heavy atom. The summed E-state index contributed by atoms with van der Waals surface area (Å²) < 4.78 is 62.7. The van der Waals surface area contributed by atoms with E-state index in [2.05, 4.69) is 4.90 Å². The minimum atomic E-state index is -3.64. The van der Waals surface area contributed by atoms with Gasteiger partial charge in [-0.05, 0) is 55.1 Å². The zero-order chi connectivity index (χ0) is 26.2. The van der Waals surface area contributed by atoms with Gasteiger partial charge in [0.15, 0.2) is 11.6 Å². The van der Waals surface area contributed by atoms with Crippen molar-refractivity contribution in [3.8, 4) is 11.1 Å². The Kier molecular flexibility index (Phi) is 7.45. The van der Waals surface area contributed by atoms with Gasteiger partial charge in [-0.3, -0.25) is 4.90 Å². The zero-order valence-electron chi connectivity index (χ0n) is 21.1. The standard InChI is InChI=1S/C29H32F2N2O3S/c1-20-8-3-4-11-27(20)37(34,35)32-16-5-6-17-33-25(18-32)28(26(33)19-36-2)22-14-12-21(13-15-22)23-9-7-10-24(30)29(23)31/h3-4,7-15,25-26,28H,5-6,16-19H2,1-2H3/t25-,26?,28-/m0/s1. The van der Waals surface area contributed by atoms with Crippen LogP contribution in [0.5, 0.6) is 0 Å². The summed E-state index contributed by atoms with van der Waals surface area (Å²) in [4.78, 5) is 2.72. The molecular weight excluding hydrogens is 494 g/mol. The van der Waals surface area contributed by atoms with Gasteiger partial charge in [-0.15, -0.1) is 0 Å². The summed E-state index contributed by atoms with van der Waals surface area (Å²) in [6, 6.07) is 18.9. The fraction of sp³-hybridized carbons (Fsp3) is 0.379. The van der Waals surface area contributed by atoms with E-state index in [0.717, 1.165) is 36.6 Å². The van der Waals surface area contributed by atoms with Crippen LogP contribution in [0.3, 0.4) is 0 Å². The second-order valence-electron chi connectivity index (χ2n) is 9.91. The van der Waals surface area contributed by atoms with Crippen LogP contribution in [-0.2, 0) is 14.8 Å². The molecule has 0 aromatic heterocycles. The normalized spacial score (nSPS) is 23.1. The maximum atomic E-state index is 14.4. The smallest absolute Gasteiger partial charge is 0.243 e. The first-order valence-corrected chi connectivity index (χ1v) is 14.1. The van der Waals surface area contributed by atoms with Gasteiger partial charge in [0.1, 0.15) is 0 Å². The topological polar surface area (TPSA) is 49.9 Å². The summed E-state index contributed by atoms with van der Waals surface area (Å²) in [7, 11) is -1.96. The molecule has 2 aliphatic heterocycles. The highest BCUT2D eigenvalue weighted by atomic mass is 32.2. The molecule has 3 aromatic rings. The Balaban J connectivity index is 1.46. The maximum absolute atomic E-state index is 14.4. The average Bonchev–Trinajstić information content (AvgIpc) is 2.87. The third-order valence-electron chi connectivity index (χ3n) is 7.75. The van der Waals surface area contributed by atoms with Gasteiger partial charge in [0.05, 0.1) is 11.5 Å². The van der Waals surface area contributed by atoms with E-state index in [-0.39, 0.29) is 23.6 Å². The number of fused-ring (bicyclic) bond motifs is 1. The van der Waals surface area contributed by atoms with Gasteiger partial charge in [-0.1, -0.05) is 54.6 Å². The molecule has 0 amide bonds. The van der Waals surface area contributed by atoms with E-state index in [9.17, 15) is 17.2 Å². The lowest BCUT2D eigenvalue weighted by molar-refractivity contribution is -0.0635. The third kappa shape index (κ3) is 4.83. The zero-order valence-corrected chi connectivity index (χ0v) is 21.9. The first-order chi connectivity index (χ1) is 17.8. The molecular formula is C29H32F2N2O3S. The quantitative estimate of drug-likeness (QED) is 0.443. The number of hydrogen-bond donors (Lipinski definition) is 0. The third-order valence-corrected chi connectivity index (χ3v) is 9.78. The molecule has 0 radical (unpaired) electrons. The Morgan fingerprint density at radius 2 is 1.68 bits per heavy atom. The van der Waals surface area contributed by atoms with E-state index >= 15 is 0 Å². The number of aryl methyl sites for hydroxylation is 1. The summed E-state index contributed by atoms with van der Waals surface area (Å²) in [5, 5.41) is 0. The lowest BCUT2D eigenvalue weighted by atomic mass is 9.74. The van der Waals surface area contributed by atoms with Crippen molar-refractivity contribution in [1.29, 1.82) is 0 Å². The SMILES string of the molecule is COCC1[C@@H](c2ccc(-c3cccc(F)c3F)cc2)[C@@H]2CN(S(=O)(=O)c3ccccc3C)CCCCN12. The number of rotatable bonds is 6. The summed E-state index contributed by atoms with van der Waals surface area (Å²) in [5.41, 5.74) is 2.60. The van der Waals surface area contributed by atoms with E-state index in [4.69, 9.17) is 4.74 Å². The number of methoxy groups -OCH3 is 1.